The zero-order valence-corrected chi connectivity index (χ0v) is 12.3. The first-order valence-electron chi connectivity index (χ1n) is 6.29. The van der Waals surface area contributed by atoms with E-state index in [1.165, 1.54) is 4.67 Å². The average molecular weight is 306 g/mol. The predicted octanol–water partition coefficient (Wildman–Crippen LogP) is 2.50. The molecule has 2 aromatic carbocycles. The van der Waals surface area contributed by atoms with Gasteiger partial charge in [0.25, 0.3) is 0 Å². The summed E-state index contributed by atoms with van der Waals surface area (Å²) >= 11 is 5.68. The number of halogens is 1. The van der Waals surface area contributed by atoms with Crippen molar-refractivity contribution < 1.29 is 9.36 Å². The number of carbonyl (C=O) groups is 1. The predicted molar refractivity (Wildman–Crippen MR) is 81.0 cm³/mol. The van der Waals surface area contributed by atoms with Crippen molar-refractivity contribution in [1.82, 2.24) is 4.67 Å². The minimum Gasteiger partial charge on any atom is -0.290 e. The summed E-state index contributed by atoms with van der Waals surface area (Å²) in [6.07, 6.45) is 0. The zero-order valence-electron chi connectivity index (χ0n) is 10.7. The molecule has 0 saturated carbocycles. The van der Waals surface area contributed by atoms with E-state index < -0.39 is 7.29 Å². The molecule has 1 heterocycles. The van der Waals surface area contributed by atoms with Crippen LogP contribution in [0.2, 0.25) is 0 Å². The maximum atomic E-state index is 13.6. The Morgan fingerprint density at radius 2 is 1.75 bits per heavy atom. The molecular weight excluding hydrogens is 293 g/mol. The molecule has 0 spiro atoms. The van der Waals surface area contributed by atoms with E-state index in [0.29, 0.717) is 11.8 Å². The van der Waals surface area contributed by atoms with Gasteiger partial charge >= 0.3 is 0 Å². The van der Waals surface area contributed by atoms with Crippen LogP contribution < -0.4 is 10.6 Å². The highest BCUT2D eigenvalue weighted by molar-refractivity contribution is 7.77. The minimum absolute atomic E-state index is 0.162. The summed E-state index contributed by atoms with van der Waals surface area (Å²) in [6.45, 7) is 0.355. The molecule has 3 rings (SSSR count). The largest absolute Gasteiger partial charge is 0.290 e. The Kier molecular flexibility index (Phi) is 3.41. The molecule has 0 N–H and O–H groups in total. The Morgan fingerprint density at radius 3 is 2.45 bits per heavy atom. The van der Waals surface area contributed by atoms with E-state index in [9.17, 15) is 9.36 Å². The monoisotopic (exact) mass is 305 g/mol. The van der Waals surface area contributed by atoms with Crippen LogP contribution in [0, 0.1) is 0 Å². The average Bonchev–Trinajstić information content (AvgIpc) is 2.82. The van der Waals surface area contributed by atoms with Crippen LogP contribution in [0.1, 0.15) is 5.56 Å². The minimum atomic E-state index is -3.10. The first kappa shape index (κ1) is 13.4. The quantitative estimate of drug-likeness (QED) is 0.631. The maximum Gasteiger partial charge on any atom is 0.243 e. The van der Waals surface area contributed by atoms with Crippen LogP contribution >= 0.6 is 18.9 Å². The van der Waals surface area contributed by atoms with Gasteiger partial charge in [-0.3, -0.25) is 14.0 Å². The molecule has 0 aromatic heterocycles. The molecule has 102 valence electrons. The molecule has 1 amide bonds. The Hall–Kier alpha value is -1.57. The fourth-order valence-corrected chi connectivity index (χ4v) is 5.73. The van der Waals surface area contributed by atoms with E-state index in [1.54, 1.807) is 12.1 Å². The maximum absolute atomic E-state index is 13.6. The van der Waals surface area contributed by atoms with Crippen molar-refractivity contribution >= 4 is 35.4 Å². The summed E-state index contributed by atoms with van der Waals surface area (Å²) in [5, 5.41) is 1.41. The number of hydrogen-bond donors (Lipinski definition) is 0. The van der Waals surface area contributed by atoms with Gasteiger partial charge in [-0.1, -0.05) is 36.4 Å². The lowest BCUT2D eigenvalue weighted by Crippen LogP contribution is -2.31. The Labute approximate surface area is 122 Å². The van der Waals surface area contributed by atoms with Gasteiger partial charge in [0.15, 0.2) is 0 Å². The molecule has 0 saturated heterocycles. The number of fused-ring (bicyclic) bond motifs is 1. The zero-order chi connectivity index (χ0) is 14.2. The molecule has 0 aliphatic carbocycles. The molecule has 20 heavy (non-hydrogen) atoms. The number of rotatable bonds is 2. The molecule has 2 aromatic rings. The van der Waals surface area contributed by atoms with Gasteiger partial charge in [0, 0.05) is 10.6 Å². The number of carbonyl (C=O) groups excluding carboxylic acids is 1. The second kappa shape index (κ2) is 5.08. The summed E-state index contributed by atoms with van der Waals surface area (Å²) in [6, 6.07) is 16.6. The fraction of sp³-hybridized carbons (Fsp3) is 0.133. The van der Waals surface area contributed by atoms with Crippen LogP contribution in [-0.4, -0.2) is 16.5 Å². The topological polar surface area (TPSA) is 37.4 Å². The molecule has 1 aliphatic heterocycles. The van der Waals surface area contributed by atoms with Crippen LogP contribution in [0.5, 0.6) is 0 Å². The highest BCUT2D eigenvalue weighted by atomic mass is 35.5. The molecule has 3 nitrogen and oxygen atoms in total. The third kappa shape index (κ3) is 1.90. The van der Waals surface area contributed by atoms with Crippen molar-refractivity contribution in [3.05, 3.63) is 60.2 Å². The van der Waals surface area contributed by atoms with Crippen molar-refractivity contribution in [2.24, 2.45) is 0 Å². The molecule has 0 bridgehead atoms. The Balaban J connectivity index is 2.22. The van der Waals surface area contributed by atoms with Gasteiger partial charge in [-0.05, 0) is 23.8 Å². The smallest absolute Gasteiger partial charge is 0.243 e. The van der Waals surface area contributed by atoms with Crippen LogP contribution in [-0.2, 0) is 15.9 Å². The second-order valence-electron chi connectivity index (χ2n) is 4.63. The van der Waals surface area contributed by atoms with Crippen LogP contribution in [0.25, 0.3) is 0 Å². The lowest BCUT2D eigenvalue weighted by molar-refractivity contribution is -0.124. The van der Waals surface area contributed by atoms with Gasteiger partial charge in [0.1, 0.15) is 5.88 Å². The van der Waals surface area contributed by atoms with Crippen molar-refractivity contribution in [2.75, 3.05) is 5.88 Å². The van der Waals surface area contributed by atoms with E-state index in [4.69, 9.17) is 11.6 Å². The van der Waals surface area contributed by atoms with Gasteiger partial charge in [0.05, 0.1) is 6.54 Å². The summed E-state index contributed by atoms with van der Waals surface area (Å²) in [4.78, 5) is 12.1. The number of nitrogens with zero attached hydrogens (tertiary/aromatic N) is 1. The Bertz CT molecular complexity index is 702. The van der Waals surface area contributed by atoms with E-state index in [-0.39, 0.29) is 11.8 Å². The van der Waals surface area contributed by atoms with Gasteiger partial charge < -0.3 is 0 Å². The molecule has 1 unspecified atom stereocenters. The molecule has 5 heteroatoms. The first-order valence-corrected chi connectivity index (χ1v) is 8.48. The normalized spacial score (nSPS) is 20.8. The van der Waals surface area contributed by atoms with E-state index in [1.807, 2.05) is 42.5 Å². The van der Waals surface area contributed by atoms with Crippen LogP contribution in [0.4, 0.5) is 0 Å². The third-order valence-electron chi connectivity index (χ3n) is 3.49. The Morgan fingerprint density at radius 1 is 1.10 bits per heavy atom. The van der Waals surface area contributed by atoms with Gasteiger partial charge in [-0.2, -0.15) is 0 Å². The van der Waals surface area contributed by atoms with Gasteiger partial charge in [-0.15, -0.1) is 11.6 Å². The molecule has 0 radical (unpaired) electrons. The van der Waals surface area contributed by atoms with Crippen molar-refractivity contribution in [2.45, 2.75) is 6.54 Å². The molecule has 0 fully saturated rings. The van der Waals surface area contributed by atoms with Crippen LogP contribution in [0.15, 0.2) is 54.6 Å². The standard InChI is InChI=1S/C15H13ClNO2P/c16-10-15(18)17-11-12-6-4-5-9-14(12)20(17,19)13-7-2-1-3-8-13/h1-9H,10-11H2. The summed E-state index contributed by atoms with van der Waals surface area (Å²) in [7, 11) is -3.10. The SMILES string of the molecule is O=C(CCl)N1Cc2ccccc2P1(=O)c1ccccc1. The molecular formula is C15H13ClNO2P. The van der Waals surface area contributed by atoms with E-state index >= 15 is 0 Å². The fourth-order valence-electron chi connectivity index (χ4n) is 2.55. The summed E-state index contributed by atoms with van der Waals surface area (Å²) in [5.74, 6) is -0.458. The second-order valence-corrected chi connectivity index (χ2v) is 7.53. The molecule has 1 aliphatic rings. The summed E-state index contributed by atoms with van der Waals surface area (Å²) in [5.41, 5.74) is 0.929. The number of hydrogen-bond acceptors (Lipinski definition) is 2. The molecule has 1 atom stereocenters. The highest BCUT2D eigenvalue weighted by Gasteiger charge is 2.44. The van der Waals surface area contributed by atoms with E-state index in [0.717, 1.165) is 10.9 Å². The van der Waals surface area contributed by atoms with Crippen LogP contribution in [0.3, 0.4) is 0 Å². The van der Waals surface area contributed by atoms with Crippen molar-refractivity contribution in [1.29, 1.82) is 0 Å². The lowest BCUT2D eigenvalue weighted by atomic mass is 10.2. The summed E-state index contributed by atoms with van der Waals surface area (Å²) < 4.78 is 15.0. The third-order valence-corrected chi connectivity index (χ3v) is 6.85. The van der Waals surface area contributed by atoms with Crippen molar-refractivity contribution in [3.63, 3.8) is 0 Å². The lowest BCUT2D eigenvalue weighted by Gasteiger charge is -2.25. The first-order chi connectivity index (χ1) is 9.67. The number of benzene rings is 2. The van der Waals surface area contributed by atoms with Gasteiger partial charge in [-0.25, -0.2) is 0 Å². The van der Waals surface area contributed by atoms with Gasteiger partial charge in [0.2, 0.25) is 13.2 Å². The highest BCUT2D eigenvalue weighted by Crippen LogP contribution is 2.53. The van der Waals surface area contributed by atoms with E-state index in [2.05, 4.69) is 0 Å². The number of amides is 1. The number of alkyl halides is 1. The van der Waals surface area contributed by atoms with Crippen molar-refractivity contribution in [3.8, 4) is 0 Å².